The van der Waals surface area contributed by atoms with E-state index in [9.17, 15) is 0 Å². The van der Waals surface area contributed by atoms with Crippen molar-refractivity contribution in [1.82, 2.24) is 0 Å². The van der Waals surface area contributed by atoms with Crippen molar-refractivity contribution in [2.75, 3.05) is 0 Å². The van der Waals surface area contributed by atoms with Crippen LogP contribution < -0.4 is 0 Å². The SMILES string of the molecule is Cc1cccc(C2OC(C)C(C)O2)c1C. The van der Waals surface area contributed by atoms with Crippen molar-refractivity contribution in [1.29, 1.82) is 0 Å². The van der Waals surface area contributed by atoms with E-state index < -0.39 is 0 Å². The molecule has 0 aromatic heterocycles. The smallest absolute Gasteiger partial charge is 0.184 e. The Morgan fingerprint density at radius 1 is 1.00 bits per heavy atom. The fraction of sp³-hybridized carbons (Fsp3) is 0.538. The summed E-state index contributed by atoms with van der Waals surface area (Å²) in [6.45, 7) is 8.33. The predicted molar refractivity (Wildman–Crippen MR) is 59.8 cm³/mol. The monoisotopic (exact) mass is 206 g/mol. The highest BCUT2D eigenvalue weighted by molar-refractivity contribution is 5.34. The Labute approximate surface area is 91.2 Å². The third-order valence-electron chi connectivity index (χ3n) is 3.24. The Morgan fingerprint density at radius 2 is 1.60 bits per heavy atom. The summed E-state index contributed by atoms with van der Waals surface area (Å²) in [5.41, 5.74) is 3.71. The molecule has 2 nitrogen and oxygen atoms in total. The number of hydrogen-bond acceptors (Lipinski definition) is 2. The van der Waals surface area contributed by atoms with Gasteiger partial charge in [0.1, 0.15) is 0 Å². The molecular weight excluding hydrogens is 188 g/mol. The minimum Gasteiger partial charge on any atom is -0.343 e. The summed E-state index contributed by atoms with van der Waals surface area (Å²) in [5, 5.41) is 0. The van der Waals surface area contributed by atoms with E-state index in [4.69, 9.17) is 9.47 Å². The Balaban J connectivity index is 2.27. The molecule has 82 valence electrons. The first kappa shape index (κ1) is 10.7. The van der Waals surface area contributed by atoms with Crippen molar-refractivity contribution in [3.63, 3.8) is 0 Å². The molecule has 1 aromatic carbocycles. The van der Waals surface area contributed by atoms with Crippen LogP contribution in [0.5, 0.6) is 0 Å². The van der Waals surface area contributed by atoms with Gasteiger partial charge in [-0.1, -0.05) is 18.2 Å². The van der Waals surface area contributed by atoms with Crippen LogP contribution in [0.3, 0.4) is 0 Å². The van der Waals surface area contributed by atoms with Crippen LogP contribution in [0.15, 0.2) is 18.2 Å². The quantitative estimate of drug-likeness (QED) is 0.702. The fourth-order valence-electron chi connectivity index (χ4n) is 1.82. The maximum Gasteiger partial charge on any atom is 0.184 e. The Kier molecular flexibility index (Phi) is 2.81. The van der Waals surface area contributed by atoms with Gasteiger partial charge in [-0.05, 0) is 38.8 Å². The lowest BCUT2D eigenvalue weighted by Crippen LogP contribution is -2.13. The summed E-state index contributed by atoms with van der Waals surface area (Å²) in [6.07, 6.45) is 0.166. The lowest BCUT2D eigenvalue weighted by atomic mass is 10.0. The molecule has 0 N–H and O–H groups in total. The van der Waals surface area contributed by atoms with Crippen LogP contribution in [0, 0.1) is 13.8 Å². The Hall–Kier alpha value is -0.860. The molecule has 1 saturated heterocycles. The molecule has 2 atom stereocenters. The zero-order valence-corrected chi connectivity index (χ0v) is 9.78. The number of ether oxygens (including phenoxy) is 2. The number of benzene rings is 1. The first-order valence-corrected chi connectivity index (χ1v) is 5.46. The second-order valence-corrected chi connectivity index (χ2v) is 4.30. The van der Waals surface area contributed by atoms with Crippen LogP contribution >= 0.6 is 0 Å². The topological polar surface area (TPSA) is 18.5 Å². The first-order valence-electron chi connectivity index (χ1n) is 5.46. The Morgan fingerprint density at radius 3 is 2.20 bits per heavy atom. The van der Waals surface area contributed by atoms with Crippen molar-refractivity contribution in [2.45, 2.75) is 46.2 Å². The van der Waals surface area contributed by atoms with Gasteiger partial charge in [0.05, 0.1) is 12.2 Å². The summed E-state index contributed by atoms with van der Waals surface area (Å²) in [5.74, 6) is 0. The molecule has 1 aliphatic rings. The fourth-order valence-corrected chi connectivity index (χ4v) is 1.82. The van der Waals surface area contributed by atoms with E-state index in [1.54, 1.807) is 0 Å². The Bertz CT molecular complexity index is 350. The van der Waals surface area contributed by atoms with Crippen LogP contribution in [-0.4, -0.2) is 12.2 Å². The number of aryl methyl sites for hydroxylation is 1. The van der Waals surface area contributed by atoms with Crippen molar-refractivity contribution < 1.29 is 9.47 Å². The molecule has 2 unspecified atom stereocenters. The maximum absolute atomic E-state index is 5.77. The molecule has 0 aliphatic carbocycles. The van der Waals surface area contributed by atoms with Gasteiger partial charge < -0.3 is 9.47 Å². The zero-order chi connectivity index (χ0) is 11.0. The summed E-state index contributed by atoms with van der Waals surface area (Å²) in [7, 11) is 0. The van der Waals surface area contributed by atoms with Gasteiger partial charge >= 0.3 is 0 Å². The average molecular weight is 206 g/mol. The number of hydrogen-bond donors (Lipinski definition) is 0. The third-order valence-corrected chi connectivity index (χ3v) is 3.24. The first-order chi connectivity index (χ1) is 7.09. The summed E-state index contributed by atoms with van der Waals surface area (Å²) < 4.78 is 11.5. The van der Waals surface area contributed by atoms with E-state index >= 15 is 0 Å². The molecule has 1 fully saturated rings. The van der Waals surface area contributed by atoms with Gasteiger partial charge in [-0.2, -0.15) is 0 Å². The molecule has 0 saturated carbocycles. The highest BCUT2D eigenvalue weighted by atomic mass is 16.7. The maximum atomic E-state index is 5.77. The predicted octanol–water partition coefficient (Wildman–Crippen LogP) is 3.13. The minimum atomic E-state index is -0.185. The molecule has 15 heavy (non-hydrogen) atoms. The van der Waals surface area contributed by atoms with E-state index in [0.29, 0.717) is 0 Å². The molecule has 2 rings (SSSR count). The van der Waals surface area contributed by atoms with Crippen LogP contribution in [0.4, 0.5) is 0 Å². The van der Waals surface area contributed by atoms with Gasteiger partial charge in [-0.15, -0.1) is 0 Å². The van der Waals surface area contributed by atoms with Crippen LogP contribution in [0.25, 0.3) is 0 Å². The largest absolute Gasteiger partial charge is 0.343 e. The molecule has 1 aliphatic heterocycles. The summed E-state index contributed by atoms with van der Waals surface area (Å²) in [6, 6.07) is 6.25. The highest BCUT2D eigenvalue weighted by Gasteiger charge is 2.31. The number of rotatable bonds is 1. The molecule has 1 aromatic rings. The second-order valence-electron chi connectivity index (χ2n) is 4.30. The van der Waals surface area contributed by atoms with Gasteiger partial charge in [-0.25, -0.2) is 0 Å². The normalized spacial score (nSPS) is 30.8. The lowest BCUT2D eigenvalue weighted by Gasteiger charge is -2.14. The van der Waals surface area contributed by atoms with E-state index in [1.165, 1.54) is 11.1 Å². The second kappa shape index (κ2) is 3.95. The van der Waals surface area contributed by atoms with Crippen molar-refractivity contribution in [2.24, 2.45) is 0 Å². The van der Waals surface area contributed by atoms with Crippen molar-refractivity contribution in [3.8, 4) is 0 Å². The van der Waals surface area contributed by atoms with Gasteiger partial charge in [0.2, 0.25) is 0 Å². The molecular formula is C13H18O2. The minimum absolute atomic E-state index is 0.176. The van der Waals surface area contributed by atoms with Crippen LogP contribution in [0.1, 0.15) is 36.8 Å². The van der Waals surface area contributed by atoms with Gasteiger partial charge in [0, 0.05) is 5.56 Å². The van der Waals surface area contributed by atoms with E-state index in [1.807, 2.05) is 0 Å². The van der Waals surface area contributed by atoms with Gasteiger partial charge in [0.15, 0.2) is 6.29 Å². The van der Waals surface area contributed by atoms with Crippen LogP contribution in [-0.2, 0) is 9.47 Å². The third kappa shape index (κ3) is 1.92. The van der Waals surface area contributed by atoms with E-state index in [-0.39, 0.29) is 18.5 Å². The van der Waals surface area contributed by atoms with Gasteiger partial charge in [-0.3, -0.25) is 0 Å². The summed E-state index contributed by atoms with van der Waals surface area (Å²) >= 11 is 0. The molecule has 0 radical (unpaired) electrons. The van der Waals surface area contributed by atoms with Gasteiger partial charge in [0.25, 0.3) is 0 Å². The molecule has 0 spiro atoms. The lowest BCUT2D eigenvalue weighted by molar-refractivity contribution is -0.0657. The zero-order valence-electron chi connectivity index (χ0n) is 9.78. The van der Waals surface area contributed by atoms with Crippen molar-refractivity contribution in [3.05, 3.63) is 34.9 Å². The summed E-state index contributed by atoms with van der Waals surface area (Å²) in [4.78, 5) is 0. The highest BCUT2D eigenvalue weighted by Crippen LogP contribution is 2.33. The standard InChI is InChI=1S/C13H18O2/c1-8-6-5-7-12(9(8)2)13-14-10(3)11(4)15-13/h5-7,10-11,13H,1-4H3. The average Bonchev–Trinajstić information content (AvgIpc) is 2.51. The van der Waals surface area contributed by atoms with Crippen molar-refractivity contribution >= 4 is 0 Å². The molecule has 2 heteroatoms. The van der Waals surface area contributed by atoms with Crippen LogP contribution in [0.2, 0.25) is 0 Å². The molecule has 0 amide bonds. The molecule has 0 bridgehead atoms. The van der Waals surface area contributed by atoms with E-state index in [0.717, 1.165) is 5.56 Å². The van der Waals surface area contributed by atoms with E-state index in [2.05, 4.69) is 45.9 Å². The molecule has 1 heterocycles.